The van der Waals surface area contributed by atoms with Crippen molar-refractivity contribution in [3.05, 3.63) is 21.9 Å². The third kappa shape index (κ3) is 7.79. The van der Waals surface area contributed by atoms with E-state index >= 15 is 0 Å². The Morgan fingerprint density at radius 2 is 1.84 bits per heavy atom. The van der Waals surface area contributed by atoms with Gasteiger partial charge < -0.3 is 15.4 Å². The van der Waals surface area contributed by atoms with E-state index in [1.807, 2.05) is 6.92 Å². The Bertz CT molecular complexity index is 663. The van der Waals surface area contributed by atoms with E-state index in [1.54, 1.807) is 32.9 Å². The lowest BCUT2D eigenvalue weighted by atomic mass is 10.1. The second kappa shape index (κ2) is 8.61. The fourth-order valence-corrected chi connectivity index (χ4v) is 2.46. The first-order valence-electron chi connectivity index (χ1n) is 7.65. The molecule has 1 aromatic heterocycles. The summed E-state index contributed by atoms with van der Waals surface area (Å²) in [6.45, 7) is 8.12. The second-order valence-electron chi connectivity index (χ2n) is 6.42. The van der Waals surface area contributed by atoms with Gasteiger partial charge in [-0.3, -0.25) is 19.7 Å². The number of hydrogen-bond acceptors (Lipinski definition) is 6. The molecule has 1 rings (SSSR count). The molecule has 8 nitrogen and oxygen atoms in total. The maximum absolute atomic E-state index is 11.8. The Kier molecular flexibility index (Phi) is 7.10. The highest BCUT2D eigenvalue weighted by Crippen LogP contribution is 2.14. The van der Waals surface area contributed by atoms with Crippen molar-refractivity contribution in [3.8, 4) is 0 Å². The van der Waals surface area contributed by atoms with Crippen molar-refractivity contribution < 1.29 is 23.9 Å². The number of esters is 1. The zero-order valence-corrected chi connectivity index (χ0v) is 15.7. The highest BCUT2D eigenvalue weighted by molar-refractivity contribution is 7.13. The van der Waals surface area contributed by atoms with Crippen LogP contribution >= 0.6 is 11.3 Å². The van der Waals surface area contributed by atoms with Crippen LogP contribution in [0.5, 0.6) is 0 Å². The van der Waals surface area contributed by atoms with Gasteiger partial charge in [0.25, 0.3) is 11.8 Å². The number of thiophene rings is 1. The van der Waals surface area contributed by atoms with Crippen LogP contribution in [0.25, 0.3) is 0 Å². The van der Waals surface area contributed by atoms with Crippen LogP contribution in [0.15, 0.2) is 12.1 Å². The van der Waals surface area contributed by atoms with Gasteiger partial charge in [-0.25, -0.2) is 4.79 Å². The lowest BCUT2D eigenvalue weighted by molar-refractivity contribution is -0.153. The minimum atomic E-state index is -1.17. The molecule has 1 unspecified atom stereocenters. The molecule has 0 aliphatic rings. The topological polar surface area (TPSA) is 114 Å². The Hall–Kier alpha value is -2.42. The lowest BCUT2D eigenvalue weighted by Gasteiger charge is -2.21. The molecular formula is C16H23N3O5S. The van der Waals surface area contributed by atoms with E-state index < -0.39 is 35.5 Å². The molecule has 3 N–H and O–H groups in total. The van der Waals surface area contributed by atoms with Crippen LogP contribution in [0.1, 0.15) is 42.2 Å². The van der Waals surface area contributed by atoms with Crippen LogP contribution in [0.3, 0.4) is 0 Å². The molecule has 25 heavy (non-hydrogen) atoms. The predicted molar refractivity (Wildman–Crippen MR) is 93.4 cm³/mol. The summed E-state index contributed by atoms with van der Waals surface area (Å²) in [5.74, 6) is -1.92. The summed E-state index contributed by atoms with van der Waals surface area (Å²) in [5.41, 5.74) is -0.505. The maximum Gasteiger partial charge on any atom is 0.326 e. The lowest BCUT2D eigenvalue weighted by Crippen LogP contribution is -2.50. The third-order valence-corrected chi connectivity index (χ3v) is 3.76. The average Bonchev–Trinajstić information content (AvgIpc) is 2.89. The second-order valence-corrected chi connectivity index (χ2v) is 7.71. The van der Waals surface area contributed by atoms with Crippen LogP contribution in [-0.2, 0) is 14.3 Å². The van der Waals surface area contributed by atoms with Crippen LogP contribution in [0, 0.1) is 6.92 Å². The summed E-state index contributed by atoms with van der Waals surface area (Å²) in [6.07, 6.45) is -1.17. The molecule has 0 radical (unpaired) electrons. The third-order valence-electron chi connectivity index (χ3n) is 2.76. The summed E-state index contributed by atoms with van der Waals surface area (Å²) in [5, 5.41) is 7.05. The number of urea groups is 1. The van der Waals surface area contributed by atoms with Crippen LogP contribution in [0.2, 0.25) is 0 Å². The monoisotopic (exact) mass is 369 g/mol. The fraction of sp³-hybridized carbons (Fsp3) is 0.500. The van der Waals surface area contributed by atoms with Crippen molar-refractivity contribution in [2.45, 2.75) is 46.3 Å². The number of amides is 4. The van der Waals surface area contributed by atoms with Crippen LogP contribution in [-0.4, -0.2) is 42.0 Å². The Morgan fingerprint density at radius 3 is 2.36 bits per heavy atom. The van der Waals surface area contributed by atoms with Gasteiger partial charge >= 0.3 is 12.0 Å². The van der Waals surface area contributed by atoms with Crippen molar-refractivity contribution >= 4 is 35.2 Å². The fourth-order valence-electron chi connectivity index (χ4n) is 1.67. The van der Waals surface area contributed by atoms with Gasteiger partial charge in [0.1, 0.15) is 6.54 Å². The molecule has 0 bridgehead atoms. The average molecular weight is 369 g/mol. The zero-order valence-electron chi connectivity index (χ0n) is 14.9. The maximum atomic E-state index is 11.8. The van der Waals surface area contributed by atoms with Crippen LogP contribution < -0.4 is 16.0 Å². The largest absolute Gasteiger partial charge is 0.451 e. The van der Waals surface area contributed by atoms with E-state index in [0.717, 1.165) is 4.88 Å². The van der Waals surface area contributed by atoms with Gasteiger partial charge in [0.15, 0.2) is 6.10 Å². The summed E-state index contributed by atoms with van der Waals surface area (Å²) in [7, 11) is 0. The van der Waals surface area contributed by atoms with Crippen molar-refractivity contribution in [2.75, 3.05) is 6.54 Å². The Labute approximate surface area is 150 Å². The number of ether oxygens (including phenoxy) is 1. The molecule has 0 aliphatic heterocycles. The summed E-state index contributed by atoms with van der Waals surface area (Å²) >= 11 is 1.30. The van der Waals surface area contributed by atoms with E-state index in [4.69, 9.17) is 4.74 Å². The zero-order chi connectivity index (χ0) is 19.2. The number of hydrogen-bond donors (Lipinski definition) is 3. The first-order chi connectivity index (χ1) is 11.5. The number of aryl methyl sites for hydroxylation is 1. The Morgan fingerprint density at radius 1 is 1.20 bits per heavy atom. The summed E-state index contributed by atoms with van der Waals surface area (Å²) in [6, 6.07) is 2.78. The van der Waals surface area contributed by atoms with Gasteiger partial charge in [0, 0.05) is 10.4 Å². The van der Waals surface area contributed by atoms with Crippen molar-refractivity contribution in [3.63, 3.8) is 0 Å². The molecule has 1 atom stereocenters. The molecule has 0 saturated carbocycles. The molecule has 0 fully saturated rings. The normalized spacial score (nSPS) is 12.0. The minimum Gasteiger partial charge on any atom is -0.451 e. The van der Waals surface area contributed by atoms with Gasteiger partial charge in [-0.05, 0) is 46.8 Å². The van der Waals surface area contributed by atoms with Crippen molar-refractivity contribution in [1.29, 1.82) is 0 Å². The molecule has 0 spiro atoms. The van der Waals surface area contributed by atoms with Gasteiger partial charge in [-0.1, -0.05) is 0 Å². The van der Waals surface area contributed by atoms with E-state index in [9.17, 15) is 19.2 Å². The highest BCUT2D eigenvalue weighted by atomic mass is 32.1. The number of nitrogens with one attached hydrogen (secondary N) is 3. The molecule has 1 aromatic rings. The van der Waals surface area contributed by atoms with E-state index in [1.165, 1.54) is 18.3 Å². The predicted octanol–water partition coefficient (Wildman–Crippen LogP) is 1.34. The van der Waals surface area contributed by atoms with Crippen LogP contribution in [0.4, 0.5) is 4.79 Å². The molecular weight excluding hydrogens is 346 g/mol. The molecule has 1 heterocycles. The SMILES string of the molecule is Cc1ccc(C(=O)NCC(=O)OC(C)C(=O)NC(=O)NC(C)(C)C)s1. The van der Waals surface area contributed by atoms with Gasteiger partial charge in [0.2, 0.25) is 0 Å². The minimum absolute atomic E-state index is 0.373. The standard InChI is InChI=1S/C16H23N3O5S/c1-9-6-7-11(25-9)14(22)17-8-12(20)24-10(2)13(21)18-15(23)19-16(3,4)5/h6-7,10H,8H2,1-5H3,(H,17,22)(H2,18,19,21,23). The quantitative estimate of drug-likeness (QED) is 0.678. The number of carbonyl (C=O) groups is 4. The smallest absolute Gasteiger partial charge is 0.326 e. The van der Waals surface area contributed by atoms with Crippen molar-refractivity contribution in [2.24, 2.45) is 0 Å². The first kappa shape index (κ1) is 20.6. The molecule has 4 amide bonds. The summed E-state index contributed by atoms with van der Waals surface area (Å²) < 4.78 is 4.89. The molecule has 0 aliphatic carbocycles. The van der Waals surface area contributed by atoms with Crippen molar-refractivity contribution in [1.82, 2.24) is 16.0 Å². The molecule has 138 valence electrons. The number of imide groups is 1. The number of rotatable bonds is 5. The molecule has 0 aromatic carbocycles. The molecule has 0 saturated heterocycles. The Balaban J connectivity index is 2.39. The van der Waals surface area contributed by atoms with Gasteiger partial charge in [0.05, 0.1) is 4.88 Å². The van der Waals surface area contributed by atoms with E-state index in [-0.39, 0.29) is 6.54 Å². The van der Waals surface area contributed by atoms with Gasteiger partial charge in [-0.2, -0.15) is 0 Å². The summed E-state index contributed by atoms with van der Waals surface area (Å²) in [4.78, 5) is 48.4. The number of carbonyl (C=O) groups excluding carboxylic acids is 4. The van der Waals surface area contributed by atoms with Gasteiger partial charge in [-0.15, -0.1) is 11.3 Å². The highest BCUT2D eigenvalue weighted by Gasteiger charge is 2.22. The first-order valence-corrected chi connectivity index (χ1v) is 8.46. The van der Waals surface area contributed by atoms with E-state index in [2.05, 4.69) is 16.0 Å². The van der Waals surface area contributed by atoms with E-state index in [0.29, 0.717) is 4.88 Å². The molecule has 9 heteroatoms.